The molecule has 1 heterocycles. The molecule has 0 amide bonds. The molecule has 3 heteroatoms. The zero-order valence-corrected chi connectivity index (χ0v) is 10.7. The number of hydrogen-bond acceptors (Lipinski definition) is 3. The van der Waals surface area contributed by atoms with Crippen molar-refractivity contribution in [1.29, 1.82) is 0 Å². The lowest BCUT2D eigenvalue weighted by atomic mass is 10.0. The van der Waals surface area contributed by atoms with Gasteiger partial charge in [-0.05, 0) is 37.4 Å². The third-order valence-electron chi connectivity index (χ3n) is 3.41. The first-order valence-electron chi connectivity index (χ1n) is 6.41. The molecule has 2 atom stereocenters. The van der Waals surface area contributed by atoms with Crippen LogP contribution in [0.1, 0.15) is 26.7 Å². The molecule has 3 nitrogen and oxygen atoms in total. The molecular weight excluding hydrogens is 200 g/mol. The van der Waals surface area contributed by atoms with Crippen LogP contribution < -0.4 is 5.32 Å². The minimum absolute atomic E-state index is 0.275. The molecule has 0 aromatic heterocycles. The van der Waals surface area contributed by atoms with Crippen molar-refractivity contribution < 1.29 is 5.11 Å². The largest absolute Gasteiger partial charge is 0.395 e. The van der Waals surface area contributed by atoms with Crippen molar-refractivity contribution in [2.45, 2.75) is 32.7 Å². The predicted molar refractivity (Wildman–Crippen MR) is 68.5 cm³/mol. The van der Waals surface area contributed by atoms with Crippen molar-refractivity contribution in [2.24, 2.45) is 5.92 Å². The van der Waals surface area contributed by atoms with Gasteiger partial charge in [-0.1, -0.05) is 20.4 Å². The van der Waals surface area contributed by atoms with Crippen LogP contribution in [0.5, 0.6) is 0 Å². The average Bonchev–Trinajstić information content (AvgIpc) is 2.59. The summed E-state index contributed by atoms with van der Waals surface area (Å²) in [5.74, 6) is 0.612. The summed E-state index contributed by atoms with van der Waals surface area (Å²) in [5.41, 5.74) is 1.22. The van der Waals surface area contributed by atoms with Crippen molar-refractivity contribution in [2.75, 3.05) is 32.8 Å². The summed E-state index contributed by atoms with van der Waals surface area (Å²) in [5, 5.41) is 12.7. The van der Waals surface area contributed by atoms with E-state index in [1.165, 1.54) is 12.0 Å². The van der Waals surface area contributed by atoms with Gasteiger partial charge in [0.1, 0.15) is 0 Å². The highest BCUT2D eigenvalue weighted by Crippen LogP contribution is 2.23. The first-order chi connectivity index (χ1) is 7.69. The maximum Gasteiger partial charge on any atom is 0.0589 e. The molecule has 1 rings (SSSR count). The smallest absolute Gasteiger partial charge is 0.0589 e. The van der Waals surface area contributed by atoms with E-state index in [2.05, 4.69) is 30.6 Å². The molecule has 2 unspecified atom stereocenters. The molecule has 0 aromatic rings. The summed E-state index contributed by atoms with van der Waals surface area (Å²) < 4.78 is 0. The predicted octanol–water partition coefficient (Wildman–Crippen LogP) is 1.24. The quantitative estimate of drug-likeness (QED) is 0.506. The SMILES string of the molecule is C=C(CNCCC)CN1CCC(C)C1CO. The monoisotopic (exact) mass is 226 g/mol. The van der Waals surface area contributed by atoms with Gasteiger partial charge in [0.05, 0.1) is 6.61 Å². The van der Waals surface area contributed by atoms with E-state index in [1.54, 1.807) is 0 Å². The molecule has 0 bridgehead atoms. The molecule has 94 valence electrons. The fourth-order valence-electron chi connectivity index (χ4n) is 2.36. The van der Waals surface area contributed by atoms with Crippen LogP contribution in [0.3, 0.4) is 0 Å². The Kier molecular flexibility index (Phi) is 6.03. The molecule has 0 spiro atoms. The van der Waals surface area contributed by atoms with Crippen molar-refractivity contribution >= 4 is 0 Å². The second kappa shape index (κ2) is 7.05. The van der Waals surface area contributed by atoms with Gasteiger partial charge in [-0.3, -0.25) is 4.90 Å². The Bertz CT molecular complexity index is 218. The fraction of sp³-hybridized carbons (Fsp3) is 0.846. The molecule has 0 saturated carbocycles. The van der Waals surface area contributed by atoms with Crippen LogP contribution in [0.25, 0.3) is 0 Å². The van der Waals surface area contributed by atoms with Gasteiger partial charge in [0.2, 0.25) is 0 Å². The average molecular weight is 226 g/mol. The van der Waals surface area contributed by atoms with Gasteiger partial charge >= 0.3 is 0 Å². The van der Waals surface area contributed by atoms with Gasteiger partial charge in [-0.15, -0.1) is 0 Å². The van der Waals surface area contributed by atoms with E-state index >= 15 is 0 Å². The molecule has 0 aromatic carbocycles. The Morgan fingerprint density at radius 3 is 2.94 bits per heavy atom. The lowest BCUT2D eigenvalue weighted by molar-refractivity contribution is 0.147. The summed E-state index contributed by atoms with van der Waals surface area (Å²) >= 11 is 0. The van der Waals surface area contributed by atoms with Gasteiger partial charge < -0.3 is 10.4 Å². The van der Waals surface area contributed by atoms with Crippen LogP contribution in [-0.2, 0) is 0 Å². The highest BCUT2D eigenvalue weighted by molar-refractivity contribution is 5.02. The maximum atomic E-state index is 9.35. The van der Waals surface area contributed by atoms with Crippen LogP contribution in [-0.4, -0.2) is 48.8 Å². The lowest BCUT2D eigenvalue weighted by Gasteiger charge is -2.25. The highest BCUT2D eigenvalue weighted by Gasteiger charge is 2.30. The summed E-state index contributed by atoms with van der Waals surface area (Å²) in [4.78, 5) is 2.36. The molecule has 1 aliphatic heterocycles. The van der Waals surface area contributed by atoms with Crippen LogP contribution >= 0.6 is 0 Å². The van der Waals surface area contributed by atoms with Gasteiger partial charge in [-0.25, -0.2) is 0 Å². The molecular formula is C13H26N2O. The van der Waals surface area contributed by atoms with Crippen LogP contribution in [0, 0.1) is 5.92 Å². The molecule has 2 N–H and O–H groups in total. The first-order valence-corrected chi connectivity index (χ1v) is 6.41. The van der Waals surface area contributed by atoms with Crippen LogP contribution in [0.2, 0.25) is 0 Å². The summed E-state index contributed by atoms with van der Waals surface area (Å²) in [6, 6.07) is 0.336. The van der Waals surface area contributed by atoms with Crippen LogP contribution in [0.15, 0.2) is 12.2 Å². The standard InChI is InChI=1S/C13H26N2O/c1-4-6-14-8-11(2)9-15-7-5-12(3)13(15)10-16/h12-14,16H,2,4-10H2,1,3H3. The Labute approximate surface area is 99.5 Å². The number of likely N-dealkylation sites (tertiary alicyclic amines) is 1. The number of hydrogen-bond donors (Lipinski definition) is 2. The van der Waals surface area contributed by atoms with Gasteiger partial charge in [0.15, 0.2) is 0 Å². The molecule has 1 aliphatic rings. The van der Waals surface area contributed by atoms with Gasteiger partial charge in [0.25, 0.3) is 0 Å². The van der Waals surface area contributed by atoms with E-state index in [4.69, 9.17) is 0 Å². The molecule has 1 fully saturated rings. The first kappa shape index (κ1) is 13.7. The van der Waals surface area contributed by atoms with Crippen molar-refractivity contribution in [1.82, 2.24) is 10.2 Å². The van der Waals surface area contributed by atoms with Crippen molar-refractivity contribution in [3.63, 3.8) is 0 Å². The molecule has 16 heavy (non-hydrogen) atoms. The minimum Gasteiger partial charge on any atom is -0.395 e. The Hall–Kier alpha value is -0.380. The fourth-order valence-corrected chi connectivity index (χ4v) is 2.36. The summed E-state index contributed by atoms with van der Waals surface area (Å²) in [7, 11) is 0. The third-order valence-corrected chi connectivity index (χ3v) is 3.41. The number of aliphatic hydroxyl groups is 1. The molecule has 0 radical (unpaired) electrons. The summed E-state index contributed by atoms with van der Waals surface area (Å²) in [6.07, 6.45) is 2.36. The van der Waals surface area contributed by atoms with E-state index in [0.29, 0.717) is 12.0 Å². The zero-order chi connectivity index (χ0) is 12.0. The second-order valence-electron chi connectivity index (χ2n) is 4.91. The Morgan fingerprint density at radius 1 is 1.56 bits per heavy atom. The number of nitrogens with zero attached hydrogens (tertiary/aromatic N) is 1. The summed E-state index contributed by atoms with van der Waals surface area (Å²) in [6.45, 7) is 12.7. The van der Waals surface area contributed by atoms with Crippen molar-refractivity contribution in [3.05, 3.63) is 12.2 Å². The third kappa shape index (κ3) is 3.89. The van der Waals surface area contributed by atoms with Crippen LogP contribution in [0.4, 0.5) is 0 Å². The Balaban J connectivity index is 2.28. The van der Waals surface area contributed by atoms with Crippen molar-refractivity contribution in [3.8, 4) is 0 Å². The minimum atomic E-state index is 0.275. The highest BCUT2D eigenvalue weighted by atomic mass is 16.3. The van der Waals surface area contributed by atoms with E-state index in [-0.39, 0.29) is 6.61 Å². The molecule has 0 aliphatic carbocycles. The zero-order valence-electron chi connectivity index (χ0n) is 10.7. The topological polar surface area (TPSA) is 35.5 Å². The lowest BCUT2D eigenvalue weighted by Crippen LogP contribution is -2.37. The van der Waals surface area contributed by atoms with Gasteiger partial charge in [-0.2, -0.15) is 0 Å². The molecule has 1 saturated heterocycles. The maximum absolute atomic E-state index is 9.35. The van der Waals surface area contributed by atoms with E-state index in [9.17, 15) is 5.11 Å². The van der Waals surface area contributed by atoms with E-state index < -0.39 is 0 Å². The number of nitrogens with one attached hydrogen (secondary N) is 1. The normalized spacial score (nSPS) is 26.2. The van der Waals surface area contributed by atoms with E-state index in [0.717, 1.165) is 32.6 Å². The number of rotatable bonds is 7. The second-order valence-corrected chi connectivity index (χ2v) is 4.91. The van der Waals surface area contributed by atoms with Gasteiger partial charge in [0, 0.05) is 19.1 Å². The Morgan fingerprint density at radius 2 is 2.31 bits per heavy atom. The van der Waals surface area contributed by atoms with E-state index in [1.807, 2.05) is 0 Å². The number of aliphatic hydroxyl groups excluding tert-OH is 1.